The summed E-state index contributed by atoms with van der Waals surface area (Å²) in [6.45, 7) is 2.41. The smallest absolute Gasteiger partial charge is 0.0623 e. The van der Waals surface area contributed by atoms with E-state index in [0.717, 1.165) is 0 Å². The lowest BCUT2D eigenvalue weighted by Crippen LogP contribution is -2.79. The molecule has 0 aliphatic carbocycles. The standard InChI is InChI=1S/C32H26Si/c1-32(25-15-5-2-6-16-25)28-21-11-13-23-30(28)33(26-17-7-3-8-18-26,27-19-9-4-10-20-27)31-24-14-12-22-29(31)32/h2-24H,1H3. The van der Waals surface area contributed by atoms with Crippen LogP contribution in [0, 0.1) is 0 Å². The third-order valence-corrected chi connectivity index (χ3v) is 12.4. The van der Waals surface area contributed by atoms with E-state index in [2.05, 4.69) is 146 Å². The quantitative estimate of drug-likeness (QED) is 0.357. The molecule has 6 rings (SSSR count). The molecule has 0 N–H and O–H groups in total. The van der Waals surface area contributed by atoms with Crippen molar-refractivity contribution in [2.75, 3.05) is 0 Å². The first kappa shape index (κ1) is 20.0. The van der Waals surface area contributed by atoms with Gasteiger partial charge in [-0.3, -0.25) is 0 Å². The van der Waals surface area contributed by atoms with Gasteiger partial charge in [-0.15, -0.1) is 0 Å². The lowest BCUT2D eigenvalue weighted by Gasteiger charge is -2.48. The second kappa shape index (κ2) is 7.72. The lowest BCUT2D eigenvalue weighted by molar-refractivity contribution is 0.697. The van der Waals surface area contributed by atoms with Crippen molar-refractivity contribution in [2.24, 2.45) is 0 Å². The van der Waals surface area contributed by atoms with E-state index in [1.165, 1.54) is 37.4 Å². The molecule has 0 saturated heterocycles. The van der Waals surface area contributed by atoms with Crippen LogP contribution in [0.2, 0.25) is 0 Å². The fourth-order valence-electron chi connectivity index (χ4n) is 6.03. The fourth-order valence-corrected chi connectivity index (χ4v) is 11.4. The van der Waals surface area contributed by atoms with Crippen LogP contribution in [-0.2, 0) is 5.41 Å². The molecule has 0 fully saturated rings. The van der Waals surface area contributed by atoms with E-state index in [4.69, 9.17) is 0 Å². The van der Waals surface area contributed by atoms with Crippen molar-refractivity contribution in [3.8, 4) is 0 Å². The number of fused-ring (bicyclic) bond motifs is 2. The van der Waals surface area contributed by atoms with E-state index in [9.17, 15) is 0 Å². The predicted molar refractivity (Wildman–Crippen MR) is 142 cm³/mol. The molecule has 0 radical (unpaired) electrons. The largest absolute Gasteiger partial charge is 0.180 e. The van der Waals surface area contributed by atoms with Crippen LogP contribution in [-0.4, -0.2) is 8.07 Å². The SMILES string of the molecule is CC1(c2ccccc2)c2ccccc2[Si](c2ccccc2)(c2ccccc2)c2ccccc21. The van der Waals surface area contributed by atoms with Crippen LogP contribution >= 0.6 is 0 Å². The molecule has 0 saturated carbocycles. The Kier molecular flexibility index (Phi) is 4.67. The normalized spacial score (nSPS) is 15.3. The van der Waals surface area contributed by atoms with Crippen molar-refractivity contribution < 1.29 is 0 Å². The number of hydrogen-bond acceptors (Lipinski definition) is 0. The average molecular weight is 439 g/mol. The molecule has 0 nitrogen and oxygen atoms in total. The maximum absolute atomic E-state index is 2.50. The Morgan fingerprint density at radius 3 is 1.24 bits per heavy atom. The van der Waals surface area contributed by atoms with Gasteiger partial charge in [0.1, 0.15) is 0 Å². The predicted octanol–water partition coefficient (Wildman–Crippen LogP) is 4.73. The van der Waals surface area contributed by atoms with Crippen molar-refractivity contribution in [3.63, 3.8) is 0 Å². The Balaban J connectivity index is 1.82. The van der Waals surface area contributed by atoms with Gasteiger partial charge in [-0.25, -0.2) is 0 Å². The maximum Gasteiger partial charge on any atom is 0.180 e. The molecule has 5 aromatic rings. The summed E-state index contributed by atoms with van der Waals surface area (Å²) in [5.41, 5.74) is 3.98. The van der Waals surface area contributed by atoms with E-state index >= 15 is 0 Å². The van der Waals surface area contributed by atoms with Crippen molar-refractivity contribution in [3.05, 3.63) is 156 Å². The van der Waals surface area contributed by atoms with E-state index in [-0.39, 0.29) is 5.41 Å². The fraction of sp³-hybridized carbons (Fsp3) is 0.0625. The molecule has 1 heterocycles. The highest BCUT2D eigenvalue weighted by atomic mass is 28.3. The Hall–Kier alpha value is -3.68. The first-order chi connectivity index (χ1) is 16.3. The highest BCUT2D eigenvalue weighted by Crippen LogP contribution is 2.41. The minimum atomic E-state index is -2.50. The topological polar surface area (TPSA) is 0 Å². The molecule has 1 aliphatic rings. The van der Waals surface area contributed by atoms with Crippen LogP contribution in [0.3, 0.4) is 0 Å². The maximum atomic E-state index is 2.41. The Morgan fingerprint density at radius 2 is 0.788 bits per heavy atom. The molecular formula is C32H26Si. The first-order valence-corrected chi connectivity index (χ1v) is 13.6. The monoisotopic (exact) mass is 438 g/mol. The van der Waals surface area contributed by atoms with Crippen LogP contribution in [0.15, 0.2) is 140 Å². The van der Waals surface area contributed by atoms with Gasteiger partial charge in [-0.1, -0.05) is 140 Å². The molecule has 0 bridgehead atoms. The minimum absolute atomic E-state index is 0.214. The molecule has 5 aromatic carbocycles. The van der Waals surface area contributed by atoms with Gasteiger partial charge in [-0.05, 0) is 44.4 Å². The van der Waals surface area contributed by atoms with E-state index < -0.39 is 8.07 Å². The Morgan fingerprint density at radius 1 is 0.424 bits per heavy atom. The van der Waals surface area contributed by atoms with Crippen LogP contribution < -0.4 is 20.7 Å². The number of benzene rings is 5. The summed E-state index contributed by atoms with van der Waals surface area (Å²) in [6.07, 6.45) is 0. The minimum Gasteiger partial charge on any atom is -0.0623 e. The summed E-state index contributed by atoms with van der Waals surface area (Å²) in [4.78, 5) is 0. The molecule has 0 spiro atoms. The molecule has 1 aliphatic heterocycles. The third-order valence-electron chi connectivity index (χ3n) is 7.50. The molecule has 158 valence electrons. The molecule has 1 heteroatoms. The van der Waals surface area contributed by atoms with Gasteiger partial charge >= 0.3 is 0 Å². The van der Waals surface area contributed by atoms with E-state index in [1.54, 1.807) is 0 Å². The van der Waals surface area contributed by atoms with E-state index in [0.29, 0.717) is 0 Å². The molecule has 0 aromatic heterocycles. The highest BCUT2D eigenvalue weighted by Gasteiger charge is 2.52. The van der Waals surface area contributed by atoms with Crippen molar-refractivity contribution in [1.29, 1.82) is 0 Å². The molecular weight excluding hydrogens is 412 g/mol. The van der Waals surface area contributed by atoms with Crippen molar-refractivity contribution in [2.45, 2.75) is 12.3 Å². The lowest BCUT2D eigenvalue weighted by atomic mass is 9.70. The first-order valence-electron chi connectivity index (χ1n) is 11.6. The van der Waals surface area contributed by atoms with Gasteiger partial charge in [0, 0.05) is 5.41 Å². The highest BCUT2D eigenvalue weighted by molar-refractivity contribution is 7.20. The Bertz CT molecular complexity index is 1320. The molecule has 0 atom stereocenters. The summed E-state index contributed by atoms with van der Waals surface area (Å²) < 4.78 is 0. The van der Waals surface area contributed by atoms with Gasteiger partial charge in [0.25, 0.3) is 0 Å². The third kappa shape index (κ3) is 2.76. The van der Waals surface area contributed by atoms with E-state index in [1.807, 2.05) is 0 Å². The summed E-state index contributed by atoms with van der Waals surface area (Å²) in [6, 6.07) is 51.9. The summed E-state index contributed by atoms with van der Waals surface area (Å²) >= 11 is 0. The van der Waals surface area contributed by atoms with Crippen LogP contribution in [0.25, 0.3) is 0 Å². The number of hydrogen-bond donors (Lipinski definition) is 0. The zero-order chi connectivity index (χ0) is 22.3. The van der Waals surface area contributed by atoms with Crippen LogP contribution in [0.5, 0.6) is 0 Å². The molecule has 0 unspecified atom stereocenters. The zero-order valence-electron chi connectivity index (χ0n) is 18.8. The van der Waals surface area contributed by atoms with Crippen molar-refractivity contribution in [1.82, 2.24) is 0 Å². The second-order valence-corrected chi connectivity index (χ2v) is 12.8. The van der Waals surface area contributed by atoms with Crippen molar-refractivity contribution >= 4 is 28.8 Å². The zero-order valence-corrected chi connectivity index (χ0v) is 19.8. The van der Waals surface area contributed by atoms with Gasteiger partial charge < -0.3 is 0 Å². The van der Waals surface area contributed by atoms with Gasteiger partial charge in [0.2, 0.25) is 0 Å². The van der Waals surface area contributed by atoms with Gasteiger partial charge in [0.05, 0.1) is 0 Å². The van der Waals surface area contributed by atoms with Crippen LogP contribution in [0.4, 0.5) is 0 Å². The Labute approximate surface area is 197 Å². The molecule has 33 heavy (non-hydrogen) atoms. The second-order valence-electron chi connectivity index (χ2n) is 9.06. The van der Waals surface area contributed by atoms with Gasteiger partial charge in [-0.2, -0.15) is 0 Å². The number of rotatable bonds is 3. The summed E-state index contributed by atoms with van der Waals surface area (Å²) in [5.74, 6) is 0. The average Bonchev–Trinajstić information content (AvgIpc) is 2.91. The molecule has 0 amide bonds. The van der Waals surface area contributed by atoms with Crippen LogP contribution in [0.1, 0.15) is 23.6 Å². The summed E-state index contributed by atoms with van der Waals surface area (Å²) in [7, 11) is -2.50. The summed E-state index contributed by atoms with van der Waals surface area (Å²) in [5, 5.41) is 5.86. The van der Waals surface area contributed by atoms with Gasteiger partial charge in [0.15, 0.2) is 8.07 Å².